The summed E-state index contributed by atoms with van der Waals surface area (Å²) in [6, 6.07) is 13.4. The molecule has 1 amide bonds. The highest BCUT2D eigenvalue weighted by Crippen LogP contribution is 2.34. The number of thiazole rings is 1. The molecule has 0 bridgehead atoms. The summed E-state index contributed by atoms with van der Waals surface area (Å²) in [6.45, 7) is 3.73. The van der Waals surface area contributed by atoms with Crippen molar-refractivity contribution < 1.29 is 23.0 Å². The van der Waals surface area contributed by atoms with E-state index in [2.05, 4.69) is 9.88 Å². The van der Waals surface area contributed by atoms with E-state index >= 15 is 0 Å². The maximum atomic E-state index is 14.4. The number of hydrogen-bond acceptors (Lipinski definition) is 6. The normalized spacial score (nSPS) is 14.6. The predicted octanol–water partition coefficient (Wildman–Crippen LogP) is 4.72. The van der Waals surface area contributed by atoms with Gasteiger partial charge in [-0.05, 0) is 29.0 Å². The Hall–Kier alpha value is -3.14. The molecule has 1 aromatic heterocycles. The molecule has 5 rings (SSSR count). The molecule has 0 atom stereocenters. The topological polar surface area (TPSA) is 54.9 Å². The number of benzene rings is 3. The number of rotatable bonds is 6. The van der Waals surface area contributed by atoms with Gasteiger partial charge in [0, 0.05) is 32.2 Å². The molecule has 0 N–H and O–H groups in total. The highest BCUT2D eigenvalue weighted by Gasteiger charge is 2.26. The minimum Gasteiger partial charge on any atom is -0.496 e. The van der Waals surface area contributed by atoms with Crippen molar-refractivity contribution in [2.45, 2.75) is 0 Å². The van der Waals surface area contributed by atoms with Crippen molar-refractivity contribution in [2.24, 2.45) is 0 Å². The Labute approximate surface area is 199 Å². The highest BCUT2D eigenvalue weighted by atomic mass is 32.1. The Balaban J connectivity index is 1.55. The molecule has 1 aliphatic rings. The molecule has 6 nitrogen and oxygen atoms in total. The van der Waals surface area contributed by atoms with Gasteiger partial charge in [0.2, 0.25) is 0 Å². The first-order valence-corrected chi connectivity index (χ1v) is 11.8. The van der Waals surface area contributed by atoms with Crippen LogP contribution in [0.15, 0.2) is 48.5 Å². The zero-order chi connectivity index (χ0) is 23.7. The number of methoxy groups -OCH3 is 1. The summed E-state index contributed by atoms with van der Waals surface area (Å²) < 4.78 is 39.5. The molecular weight excluding hydrogens is 460 g/mol. The molecule has 176 valence electrons. The summed E-state index contributed by atoms with van der Waals surface area (Å²) >= 11 is 1.09. The van der Waals surface area contributed by atoms with Crippen molar-refractivity contribution in [3.05, 3.63) is 65.7 Å². The first-order chi connectivity index (χ1) is 16.5. The van der Waals surface area contributed by atoms with Gasteiger partial charge in [0.15, 0.2) is 10.9 Å². The number of carbonyl (C=O) groups excluding carboxylic acids is 1. The lowest BCUT2D eigenvalue weighted by atomic mass is 10.0. The lowest BCUT2D eigenvalue weighted by Crippen LogP contribution is -2.43. The predicted molar refractivity (Wildman–Crippen MR) is 129 cm³/mol. The van der Waals surface area contributed by atoms with Crippen molar-refractivity contribution in [1.82, 2.24) is 9.88 Å². The van der Waals surface area contributed by atoms with E-state index in [1.54, 1.807) is 6.07 Å². The smallest absolute Gasteiger partial charge is 0.263 e. The number of morpholine rings is 1. The number of fused-ring (bicyclic) bond motifs is 2. The van der Waals surface area contributed by atoms with Crippen molar-refractivity contribution in [3.63, 3.8) is 0 Å². The standard InChI is InChI=1S/C25H23F2N3O3S/c1-32-21-13-17-5-3-2-4-16(17)12-19(21)24(31)30(7-6-29-8-10-33-11-9-29)25-28-23-20(27)14-18(26)15-22(23)34-25/h2-5,12-15H,6-11H2,1H3. The fraction of sp³-hybridized carbons (Fsp3) is 0.280. The molecule has 1 fully saturated rings. The van der Waals surface area contributed by atoms with Crippen molar-refractivity contribution in [1.29, 1.82) is 0 Å². The van der Waals surface area contributed by atoms with Crippen LogP contribution in [-0.2, 0) is 4.74 Å². The van der Waals surface area contributed by atoms with Crippen LogP contribution in [0.2, 0.25) is 0 Å². The van der Waals surface area contributed by atoms with E-state index < -0.39 is 11.6 Å². The van der Waals surface area contributed by atoms with Gasteiger partial charge >= 0.3 is 0 Å². The molecule has 0 radical (unpaired) electrons. The van der Waals surface area contributed by atoms with Gasteiger partial charge in [0.05, 0.1) is 30.6 Å². The summed E-state index contributed by atoms with van der Waals surface area (Å²) in [5.41, 5.74) is 0.435. The van der Waals surface area contributed by atoms with Gasteiger partial charge in [0.1, 0.15) is 17.1 Å². The van der Waals surface area contributed by atoms with Gasteiger partial charge in [0.25, 0.3) is 5.91 Å². The minimum atomic E-state index is -0.749. The van der Waals surface area contributed by atoms with Crippen LogP contribution in [0, 0.1) is 11.6 Å². The molecule has 1 saturated heterocycles. The van der Waals surface area contributed by atoms with E-state index in [4.69, 9.17) is 9.47 Å². The molecule has 1 aliphatic heterocycles. The number of carbonyl (C=O) groups is 1. The fourth-order valence-corrected chi connectivity index (χ4v) is 5.14. The third kappa shape index (κ3) is 4.46. The Morgan fingerprint density at radius 2 is 1.88 bits per heavy atom. The van der Waals surface area contributed by atoms with Gasteiger partial charge in [-0.1, -0.05) is 35.6 Å². The Kier molecular flexibility index (Phi) is 6.40. The second-order valence-corrected chi connectivity index (χ2v) is 9.05. The zero-order valence-electron chi connectivity index (χ0n) is 18.6. The van der Waals surface area contributed by atoms with E-state index in [9.17, 15) is 13.6 Å². The zero-order valence-corrected chi connectivity index (χ0v) is 19.4. The van der Waals surface area contributed by atoms with Crippen molar-refractivity contribution >= 4 is 43.4 Å². The number of amides is 1. The maximum Gasteiger partial charge on any atom is 0.263 e. The van der Waals surface area contributed by atoms with Crippen LogP contribution >= 0.6 is 11.3 Å². The van der Waals surface area contributed by atoms with Gasteiger partial charge in [-0.15, -0.1) is 0 Å². The summed E-state index contributed by atoms with van der Waals surface area (Å²) in [6.07, 6.45) is 0. The minimum absolute atomic E-state index is 0.0519. The third-order valence-corrected chi connectivity index (χ3v) is 6.95. The number of halogens is 2. The molecule has 34 heavy (non-hydrogen) atoms. The number of nitrogens with zero attached hydrogens (tertiary/aromatic N) is 3. The second-order valence-electron chi connectivity index (χ2n) is 8.04. The second kappa shape index (κ2) is 9.61. The number of anilines is 1. The number of aromatic nitrogens is 1. The van der Waals surface area contributed by atoms with Crippen molar-refractivity contribution in [3.8, 4) is 5.75 Å². The van der Waals surface area contributed by atoms with Gasteiger partial charge in [-0.3, -0.25) is 14.6 Å². The van der Waals surface area contributed by atoms with Crippen LogP contribution in [-0.4, -0.2) is 62.3 Å². The van der Waals surface area contributed by atoms with Crippen LogP contribution < -0.4 is 9.64 Å². The van der Waals surface area contributed by atoms with E-state index in [1.807, 2.05) is 30.3 Å². The van der Waals surface area contributed by atoms with Crippen molar-refractivity contribution in [2.75, 3.05) is 51.4 Å². The lowest BCUT2D eigenvalue weighted by Gasteiger charge is -2.29. The Bertz CT molecular complexity index is 1350. The average Bonchev–Trinajstić information content (AvgIpc) is 3.28. The van der Waals surface area contributed by atoms with Crippen LogP contribution in [0.25, 0.3) is 21.0 Å². The molecule has 2 heterocycles. The Morgan fingerprint density at radius 3 is 2.62 bits per heavy atom. The molecular formula is C25H23F2N3O3S. The van der Waals surface area contributed by atoms with Gasteiger partial charge in [-0.25, -0.2) is 13.8 Å². The van der Waals surface area contributed by atoms with Crippen LogP contribution in [0.5, 0.6) is 5.75 Å². The molecule has 4 aromatic rings. The number of ether oxygens (including phenoxy) is 2. The van der Waals surface area contributed by atoms with Gasteiger partial charge in [-0.2, -0.15) is 0 Å². The van der Waals surface area contributed by atoms with Crippen LogP contribution in [0.1, 0.15) is 10.4 Å². The van der Waals surface area contributed by atoms with Crippen LogP contribution in [0.3, 0.4) is 0 Å². The van der Waals surface area contributed by atoms with Crippen LogP contribution in [0.4, 0.5) is 13.9 Å². The first kappa shape index (κ1) is 22.6. The molecule has 0 spiro atoms. The molecule has 0 aliphatic carbocycles. The summed E-state index contributed by atoms with van der Waals surface area (Å²) in [5.74, 6) is -1.29. The monoisotopic (exact) mass is 483 g/mol. The van der Waals surface area contributed by atoms with E-state index in [0.717, 1.165) is 41.3 Å². The third-order valence-electron chi connectivity index (χ3n) is 5.92. The molecule has 0 saturated carbocycles. The summed E-state index contributed by atoms with van der Waals surface area (Å²) in [7, 11) is 1.52. The number of hydrogen-bond donors (Lipinski definition) is 0. The average molecular weight is 484 g/mol. The van der Waals surface area contributed by atoms with E-state index in [0.29, 0.717) is 47.4 Å². The highest BCUT2D eigenvalue weighted by molar-refractivity contribution is 7.22. The molecule has 0 unspecified atom stereocenters. The van der Waals surface area contributed by atoms with E-state index in [1.165, 1.54) is 18.1 Å². The maximum absolute atomic E-state index is 14.4. The summed E-state index contributed by atoms with van der Waals surface area (Å²) in [5, 5.41) is 2.17. The largest absolute Gasteiger partial charge is 0.496 e. The molecule has 9 heteroatoms. The Morgan fingerprint density at radius 1 is 1.15 bits per heavy atom. The lowest BCUT2D eigenvalue weighted by molar-refractivity contribution is 0.0391. The SMILES string of the molecule is COc1cc2ccccc2cc1C(=O)N(CCN1CCOCC1)c1nc2c(F)cc(F)cc2s1. The fourth-order valence-electron chi connectivity index (χ4n) is 4.11. The first-order valence-electron chi connectivity index (χ1n) is 11.0. The van der Waals surface area contributed by atoms with E-state index in [-0.39, 0.29) is 11.4 Å². The molecule has 3 aromatic carbocycles. The quantitative estimate of drug-likeness (QED) is 0.398. The van der Waals surface area contributed by atoms with Gasteiger partial charge < -0.3 is 9.47 Å². The summed E-state index contributed by atoms with van der Waals surface area (Å²) in [4.78, 5) is 22.0.